The highest BCUT2D eigenvalue weighted by Gasteiger charge is 2.30. The number of alkyl halides is 3. The number of hydrogen-bond acceptors (Lipinski definition) is 3. The Morgan fingerprint density at radius 1 is 1.06 bits per heavy atom. The van der Waals surface area contributed by atoms with Crippen LogP contribution >= 0.6 is 0 Å². The Hall–Kier alpha value is -1.69. The molecule has 0 saturated carbocycles. The van der Waals surface area contributed by atoms with E-state index >= 15 is 0 Å². The van der Waals surface area contributed by atoms with Crippen LogP contribution < -0.4 is 0 Å². The summed E-state index contributed by atoms with van der Waals surface area (Å²) in [6.07, 6.45) is -1.48. The van der Waals surface area contributed by atoms with Crippen LogP contribution in [0.5, 0.6) is 0 Å². The minimum atomic E-state index is -4.40. The number of aromatic nitrogens is 2. The summed E-state index contributed by atoms with van der Waals surface area (Å²) in [5.41, 5.74) is -0.538. The highest BCUT2D eigenvalue weighted by atomic mass is 32.1. The van der Waals surface area contributed by atoms with E-state index in [9.17, 15) is 13.2 Å². The summed E-state index contributed by atoms with van der Waals surface area (Å²) in [5.74, 6) is 0.198. The van der Waals surface area contributed by atoms with Crippen LogP contribution in [0.15, 0.2) is 41.6 Å². The average Bonchev–Trinajstić information content (AvgIpc) is 2.29. The summed E-state index contributed by atoms with van der Waals surface area (Å²) in [5, 5.41) is 0. The van der Waals surface area contributed by atoms with Crippen molar-refractivity contribution in [3.8, 4) is 11.4 Å². The highest BCUT2D eigenvalue weighted by Crippen LogP contribution is 2.32. The van der Waals surface area contributed by atoms with Gasteiger partial charge in [0.25, 0.3) is 0 Å². The van der Waals surface area contributed by atoms with Crippen LogP contribution in [0.25, 0.3) is 11.4 Å². The van der Waals surface area contributed by atoms with E-state index in [2.05, 4.69) is 9.97 Å². The van der Waals surface area contributed by atoms with E-state index in [1.165, 1.54) is 18.5 Å². The Kier molecular flexibility index (Phi) is 2.97. The largest absolute Gasteiger partial charge is 0.779 e. The Balaban J connectivity index is 2.55. The van der Waals surface area contributed by atoms with Gasteiger partial charge in [0.1, 0.15) is 0 Å². The SMILES string of the molecule is FC(F)(F)c1ccc([S-])c(-c2ncccn2)c1. The summed E-state index contributed by atoms with van der Waals surface area (Å²) in [7, 11) is 0. The molecule has 1 aromatic carbocycles. The second-order valence-electron chi connectivity index (χ2n) is 3.28. The van der Waals surface area contributed by atoms with Crippen molar-refractivity contribution in [1.29, 1.82) is 0 Å². The molecule has 0 N–H and O–H groups in total. The van der Waals surface area contributed by atoms with Gasteiger partial charge in [-0.15, -0.1) is 0 Å². The van der Waals surface area contributed by atoms with Crippen molar-refractivity contribution in [2.24, 2.45) is 0 Å². The van der Waals surface area contributed by atoms with Gasteiger partial charge in [0.05, 0.1) is 5.56 Å². The van der Waals surface area contributed by atoms with E-state index in [1.54, 1.807) is 6.07 Å². The molecule has 2 rings (SSSR count). The summed E-state index contributed by atoms with van der Waals surface area (Å²) in [6.45, 7) is 0. The zero-order valence-corrected chi connectivity index (χ0v) is 9.22. The zero-order chi connectivity index (χ0) is 12.5. The van der Waals surface area contributed by atoms with Gasteiger partial charge in [0.15, 0.2) is 5.82 Å². The fourth-order valence-corrected chi connectivity index (χ4v) is 1.54. The smallest absolute Gasteiger partial charge is 0.416 e. The molecule has 2 aromatic rings. The Bertz CT molecular complexity index is 526. The fourth-order valence-electron chi connectivity index (χ4n) is 1.32. The lowest BCUT2D eigenvalue weighted by atomic mass is 10.1. The summed E-state index contributed by atoms with van der Waals surface area (Å²) < 4.78 is 37.6. The average molecular weight is 255 g/mol. The predicted molar refractivity (Wildman–Crippen MR) is 58.1 cm³/mol. The molecule has 0 spiro atoms. The van der Waals surface area contributed by atoms with Crippen LogP contribution in [0.4, 0.5) is 13.2 Å². The number of benzene rings is 1. The van der Waals surface area contributed by atoms with Crippen LogP contribution in [0.1, 0.15) is 5.56 Å². The minimum Gasteiger partial charge on any atom is -0.779 e. The van der Waals surface area contributed by atoms with Crippen molar-refractivity contribution in [2.45, 2.75) is 11.1 Å². The minimum absolute atomic E-state index is 0.198. The molecule has 0 radical (unpaired) electrons. The third kappa shape index (κ3) is 2.52. The van der Waals surface area contributed by atoms with Crippen molar-refractivity contribution in [2.75, 3.05) is 0 Å². The number of halogens is 3. The monoisotopic (exact) mass is 255 g/mol. The van der Waals surface area contributed by atoms with Gasteiger partial charge in [-0.25, -0.2) is 9.97 Å². The van der Waals surface area contributed by atoms with Crippen molar-refractivity contribution in [3.63, 3.8) is 0 Å². The molecule has 17 heavy (non-hydrogen) atoms. The second-order valence-corrected chi connectivity index (χ2v) is 3.72. The van der Waals surface area contributed by atoms with Crippen LogP contribution in [-0.4, -0.2) is 9.97 Å². The Labute approximate surface area is 101 Å². The van der Waals surface area contributed by atoms with Gasteiger partial charge in [-0.3, -0.25) is 0 Å². The quantitative estimate of drug-likeness (QED) is 0.732. The van der Waals surface area contributed by atoms with Crippen LogP contribution in [0.2, 0.25) is 0 Å². The highest BCUT2D eigenvalue weighted by molar-refractivity contribution is 7.59. The molecule has 0 unspecified atom stereocenters. The lowest BCUT2D eigenvalue weighted by Gasteiger charge is -2.15. The number of nitrogens with zero attached hydrogens (tertiary/aromatic N) is 2. The van der Waals surface area contributed by atoms with Crippen LogP contribution in [0, 0.1) is 0 Å². The molecule has 0 aliphatic carbocycles. The van der Waals surface area contributed by atoms with Gasteiger partial charge in [0.2, 0.25) is 0 Å². The van der Waals surface area contributed by atoms with E-state index in [-0.39, 0.29) is 11.4 Å². The predicted octanol–water partition coefficient (Wildman–Crippen LogP) is 3.07. The van der Waals surface area contributed by atoms with Crippen LogP contribution in [0.3, 0.4) is 0 Å². The molecule has 2 nitrogen and oxygen atoms in total. The molecule has 0 aliphatic heterocycles. The lowest BCUT2D eigenvalue weighted by Crippen LogP contribution is -2.05. The second kappa shape index (κ2) is 4.29. The molecule has 88 valence electrons. The maximum atomic E-state index is 12.5. The van der Waals surface area contributed by atoms with Gasteiger partial charge >= 0.3 is 6.18 Å². The lowest BCUT2D eigenvalue weighted by molar-refractivity contribution is -0.137. The van der Waals surface area contributed by atoms with E-state index in [0.29, 0.717) is 4.90 Å². The van der Waals surface area contributed by atoms with Gasteiger partial charge in [-0.1, -0.05) is 12.1 Å². The summed E-state index contributed by atoms with van der Waals surface area (Å²) in [4.78, 5) is 8.07. The molecular formula is C11H6F3N2S-. The molecule has 0 aliphatic rings. The van der Waals surface area contributed by atoms with E-state index in [4.69, 9.17) is 12.6 Å². The molecule has 1 heterocycles. The zero-order valence-electron chi connectivity index (χ0n) is 8.40. The third-order valence-electron chi connectivity index (χ3n) is 2.11. The molecule has 0 amide bonds. The van der Waals surface area contributed by atoms with Gasteiger partial charge in [0, 0.05) is 18.0 Å². The maximum Gasteiger partial charge on any atom is 0.416 e. The fraction of sp³-hybridized carbons (Fsp3) is 0.0909. The Morgan fingerprint density at radius 3 is 2.29 bits per heavy atom. The Morgan fingerprint density at radius 2 is 1.71 bits per heavy atom. The molecule has 0 saturated heterocycles. The summed E-state index contributed by atoms with van der Waals surface area (Å²) in [6, 6.07) is 4.75. The molecule has 0 bridgehead atoms. The molecule has 6 heteroatoms. The third-order valence-corrected chi connectivity index (χ3v) is 2.47. The number of hydrogen-bond donors (Lipinski definition) is 0. The first-order valence-corrected chi connectivity index (χ1v) is 5.05. The van der Waals surface area contributed by atoms with Gasteiger partial charge in [-0.05, 0) is 12.1 Å². The first kappa shape index (κ1) is 11.8. The van der Waals surface area contributed by atoms with Crippen LogP contribution in [-0.2, 0) is 18.8 Å². The molecular weight excluding hydrogens is 249 g/mol. The summed E-state index contributed by atoms with van der Waals surface area (Å²) >= 11 is 4.97. The van der Waals surface area contributed by atoms with Crippen molar-refractivity contribution in [1.82, 2.24) is 9.97 Å². The van der Waals surface area contributed by atoms with Crippen molar-refractivity contribution >= 4 is 12.6 Å². The topological polar surface area (TPSA) is 25.8 Å². The first-order valence-electron chi connectivity index (χ1n) is 4.64. The van der Waals surface area contributed by atoms with Gasteiger partial charge < -0.3 is 12.6 Å². The number of rotatable bonds is 1. The molecule has 0 fully saturated rings. The maximum absolute atomic E-state index is 12.5. The van der Waals surface area contributed by atoms with Crippen molar-refractivity contribution in [3.05, 3.63) is 42.2 Å². The van der Waals surface area contributed by atoms with Gasteiger partial charge in [-0.2, -0.15) is 18.1 Å². The molecule has 1 aromatic heterocycles. The van der Waals surface area contributed by atoms with E-state index < -0.39 is 11.7 Å². The van der Waals surface area contributed by atoms with Crippen molar-refractivity contribution < 1.29 is 13.2 Å². The standard InChI is InChI=1S/C11H7F3N2S/c12-11(13,14)7-2-3-9(17)8(6-7)10-15-4-1-5-16-10/h1-6,17H/p-1. The normalized spacial score (nSPS) is 11.5. The molecule has 0 atom stereocenters. The first-order chi connectivity index (χ1) is 7.98. The van der Waals surface area contributed by atoms with E-state index in [1.807, 2.05) is 0 Å². The van der Waals surface area contributed by atoms with E-state index in [0.717, 1.165) is 12.1 Å².